The van der Waals surface area contributed by atoms with Gasteiger partial charge in [0.15, 0.2) is 0 Å². The van der Waals surface area contributed by atoms with Crippen LogP contribution in [0.25, 0.3) is 10.6 Å². The Morgan fingerprint density at radius 2 is 1.77 bits per heavy atom. The summed E-state index contributed by atoms with van der Waals surface area (Å²) in [7, 11) is 0. The van der Waals surface area contributed by atoms with E-state index in [9.17, 15) is 9.59 Å². The zero-order chi connectivity index (χ0) is 21.8. The normalized spacial score (nSPS) is 14.3. The molecule has 0 radical (unpaired) electrons. The Kier molecular flexibility index (Phi) is 6.68. The van der Waals surface area contributed by atoms with Crippen LogP contribution >= 0.6 is 22.9 Å². The molecule has 0 atom stereocenters. The Hall–Kier alpha value is -2.70. The zero-order valence-corrected chi connectivity index (χ0v) is 18.9. The maximum absolute atomic E-state index is 12.9. The van der Waals surface area contributed by atoms with Crippen molar-refractivity contribution >= 4 is 40.4 Å². The molecule has 7 heteroatoms. The summed E-state index contributed by atoms with van der Waals surface area (Å²) < 4.78 is 0. The van der Waals surface area contributed by atoms with Gasteiger partial charge in [0.25, 0.3) is 11.8 Å². The van der Waals surface area contributed by atoms with Gasteiger partial charge in [0.2, 0.25) is 0 Å². The van der Waals surface area contributed by atoms with E-state index in [4.69, 9.17) is 11.6 Å². The van der Waals surface area contributed by atoms with Gasteiger partial charge in [0, 0.05) is 17.3 Å². The van der Waals surface area contributed by atoms with E-state index in [0.29, 0.717) is 26.8 Å². The van der Waals surface area contributed by atoms with E-state index >= 15 is 0 Å². The molecule has 31 heavy (non-hydrogen) atoms. The highest BCUT2D eigenvalue weighted by Crippen LogP contribution is 2.29. The summed E-state index contributed by atoms with van der Waals surface area (Å²) in [5.41, 5.74) is 2.54. The number of hydrogen-bond acceptors (Lipinski definition) is 4. The van der Waals surface area contributed by atoms with E-state index in [-0.39, 0.29) is 17.9 Å². The third-order valence-electron chi connectivity index (χ3n) is 5.43. The van der Waals surface area contributed by atoms with E-state index in [1.807, 2.05) is 37.3 Å². The van der Waals surface area contributed by atoms with Crippen LogP contribution < -0.4 is 10.6 Å². The lowest BCUT2D eigenvalue weighted by molar-refractivity contribution is 0.0927. The second kappa shape index (κ2) is 9.62. The maximum atomic E-state index is 12.9. The number of aryl methyl sites for hydroxylation is 1. The number of amides is 2. The fraction of sp³-hybridized carbons (Fsp3) is 0.292. The van der Waals surface area contributed by atoms with E-state index in [1.54, 1.807) is 18.2 Å². The summed E-state index contributed by atoms with van der Waals surface area (Å²) in [5, 5.41) is 7.12. The third kappa shape index (κ3) is 5.14. The second-order valence-electron chi connectivity index (χ2n) is 7.76. The Labute approximate surface area is 190 Å². The molecule has 0 spiro atoms. The average molecular weight is 454 g/mol. The van der Waals surface area contributed by atoms with Gasteiger partial charge in [-0.15, -0.1) is 11.3 Å². The van der Waals surface area contributed by atoms with Crippen molar-refractivity contribution in [2.45, 2.75) is 45.1 Å². The van der Waals surface area contributed by atoms with Gasteiger partial charge in [-0.1, -0.05) is 61.2 Å². The molecular weight excluding hydrogens is 430 g/mol. The molecule has 4 rings (SSSR count). The lowest BCUT2D eigenvalue weighted by Gasteiger charge is -2.23. The number of halogens is 1. The molecule has 0 aliphatic heterocycles. The van der Waals surface area contributed by atoms with Gasteiger partial charge < -0.3 is 10.6 Å². The van der Waals surface area contributed by atoms with Crippen molar-refractivity contribution in [2.75, 3.05) is 5.32 Å². The minimum atomic E-state index is -0.252. The van der Waals surface area contributed by atoms with E-state index in [1.165, 1.54) is 17.8 Å². The summed E-state index contributed by atoms with van der Waals surface area (Å²) in [4.78, 5) is 30.7. The number of hydrogen-bond donors (Lipinski definition) is 2. The number of aromatic nitrogens is 1. The number of benzene rings is 2. The first-order valence-electron chi connectivity index (χ1n) is 10.5. The quantitative estimate of drug-likeness (QED) is 0.491. The molecule has 0 bridgehead atoms. The SMILES string of the molecule is Cc1nc(-c2ccccc2)sc1C(=O)Nc1ccc(Cl)c(C(=O)NC2CCCCC2)c1. The Morgan fingerprint density at radius 3 is 2.52 bits per heavy atom. The average Bonchev–Trinajstić information content (AvgIpc) is 3.18. The number of carbonyl (C=O) groups excluding carboxylic acids is 2. The molecule has 5 nitrogen and oxygen atoms in total. The number of thiazole rings is 1. The van der Waals surface area contributed by atoms with E-state index < -0.39 is 0 Å². The predicted molar refractivity (Wildman–Crippen MR) is 126 cm³/mol. The molecule has 1 aliphatic carbocycles. The molecule has 0 saturated heterocycles. The second-order valence-corrected chi connectivity index (χ2v) is 9.16. The van der Waals surface area contributed by atoms with Crippen molar-refractivity contribution in [2.24, 2.45) is 0 Å². The standard InChI is InChI=1S/C24H24ClN3O2S/c1-15-21(31-24(26-15)16-8-4-2-5-9-16)23(30)28-18-12-13-20(25)19(14-18)22(29)27-17-10-6-3-7-11-17/h2,4-5,8-9,12-14,17H,3,6-7,10-11H2,1H3,(H,27,29)(H,28,30). The fourth-order valence-electron chi connectivity index (χ4n) is 3.79. The van der Waals surface area contributed by atoms with E-state index in [0.717, 1.165) is 36.3 Å². The molecule has 1 fully saturated rings. The van der Waals surface area contributed by atoms with Crippen LogP contribution in [0.2, 0.25) is 5.02 Å². The molecule has 0 unspecified atom stereocenters. The first-order chi connectivity index (χ1) is 15.0. The molecule has 160 valence electrons. The molecule has 2 aromatic carbocycles. The molecule has 3 aromatic rings. The van der Waals surface area contributed by atoms with Gasteiger partial charge in [0.1, 0.15) is 9.88 Å². The Bertz CT molecular complexity index is 1090. The molecular formula is C24H24ClN3O2S. The molecule has 2 N–H and O–H groups in total. The van der Waals surface area contributed by atoms with Crippen LogP contribution in [0, 0.1) is 6.92 Å². The molecule has 1 saturated carbocycles. The van der Waals surface area contributed by atoms with Crippen LogP contribution in [-0.4, -0.2) is 22.8 Å². The van der Waals surface area contributed by atoms with Gasteiger partial charge in [-0.2, -0.15) is 0 Å². The predicted octanol–water partition coefficient (Wildman–Crippen LogP) is 6.09. The smallest absolute Gasteiger partial charge is 0.267 e. The minimum absolute atomic E-state index is 0.187. The van der Waals surface area contributed by atoms with Crippen LogP contribution in [0.1, 0.15) is 57.8 Å². The highest BCUT2D eigenvalue weighted by atomic mass is 35.5. The van der Waals surface area contributed by atoms with Crippen LogP contribution in [0.5, 0.6) is 0 Å². The maximum Gasteiger partial charge on any atom is 0.267 e. The third-order valence-corrected chi connectivity index (χ3v) is 6.97. The van der Waals surface area contributed by atoms with Gasteiger partial charge in [0.05, 0.1) is 16.3 Å². The monoisotopic (exact) mass is 453 g/mol. The molecule has 1 aromatic heterocycles. The van der Waals surface area contributed by atoms with Gasteiger partial charge in [-0.05, 0) is 38.0 Å². The van der Waals surface area contributed by atoms with Crippen LogP contribution in [0.4, 0.5) is 5.69 Å². The first kappa shape index (κ1) is 21.5. The number of rotatable bonds is 5. The number of carbonyl (C=O) groups is 2. The van der Waals surface area contributed by atoms with E-state index in [2.05, 4.69) is 15.6 Å². The zero-order valence-electron chi connectivity index (χ0n) is 17.3. The van der Waals surface area contributed by atoms with Crippen LogP contribution in [0.3, 0.4) is 0 Å². The van der Waals surface area contributed by atoms with Crippen LogP contribution in [0.15, 0.2) is 48.5 Å². The van der Waals surface area contributed by atoms with Crippen molar-refractivity contribution in [1.82, 2.24) is 10.3 Å². The summed E-state index contributed by atoms with van der Waals surface area (Å²) in [5.74, 6) is -0.452. The van der Waals surface area contributed by atoms with Crippen molar-refractivity contribution < 1.29 is 9.59 Å². The number of nitrogens with zero attached hydrogens (tertiary/aromatic N) is 1. The highest BCUT2D eigenvalue weighted by Gasteiger charge is 2.20. The lowest BCUT2D eigenvalue weighted by atomic mass is 9.95. The lowest BCUT2D eigenvalue weighted by Crippen LogP contribution is -2.36. The number of anilines is 1. The highest BCUT2D eigenvalue weighted by molar-refractivity contribution is 7.17. The number of nitrogens with one attached hydrogen (secondary N) is 2. The van der Waals surface area contributed by atoms with Crippen molar-refractivity contribution in [3.05, 3.63) is 69.7 Å². The first-order valence-corrected chi connectivity index (χ1v) is 11.7. The summed E-state index contributed by atoms with van der Waals surface area (Å²) in [6.45, 7) is 1.82. The summed E-state index contributed by atoms with van der Waals surface area (Å²) in [6.07, 6.45) is 5.47. The summed E-state index contributed by atoms with van der Waals surface area (Å²) >= 11 is 7.63. The fourth-order valence-corrected chi connectivity index (χ4v) is 4.96. The van der Waals surface area contributed by atoms with Gasteiger partial charge >= 0.3 is 0 Å². The van der Waals surface area contributed by atoms with Crippen molar-refractivity contribution in [3.8, 4) is 10.6 Å². The molecule has 1 aliphatic rings. The summed E-state index contributed by atoms with van der Waals surface area (Å²) in [6, 6.07) is 14.9. The van der Waals surface area contributed by atoms with Crippen molar-refractivity contribution in [3.63, 3.8) is 0 Å². The van der Waals surface area contributed by atoms with Gasteiger partial charge in [-0.25, -0.2) is 4.98 Å². The van der Waals surface area contributed by atoms with Gasteiger partial charge in [-0.3, -0.25) is 9.59 Å². The van der Waals surface area contributed by atoms with Crippen LogP contribution in [-0.2, 0) is 0 Å². The van der Waals surface area contributed by atoms with Crippen molar-refractivity contribution in [1.29, 1.82) is 0 Å². The Morgan fingerprint density at radius 1 is 1.03 bits per heavy atom. The molecule has 1 heterocycles. The largest absolute Gasteiger partial charge is 0.349 e. The topological polar surface area (TPSA) is 71.1 Å². The Balaban J connectivity index is 1.49. The molecule has 2 amide bonds. The minimum Gasteiger partial charge on any atom is -0.349 e.